The number of aryl methyl sites for hydroxylation is 1. The minimum atomic E-state index is -0.591. The molecule has 0 atom stereocenters. The van der Waals surface area contributed by atoms with E-state index < -0.39 is 10.7 Å². The lowest BCUT2D eigenvalue weighted by atomic mass is 10.1. The molecule has 0 heterocycles. The van der Waals surface area contributed by atoms with Crippen LogP contribution in [0.1, 0.15) is 15.9 Å². The van der Waals surface area contributed by atoms with Crippen molar-refractivity contribution in [1.29, 1.82) is 0 Å². The molecule has 0 saturated heterocycles. The molecule has 2 rings (SSSR count). The maximum absolute atomic E-state index is 11.9. The van der Waals surface area contributed by atoms with E-state index in [9.17, 15) is 20.0 Å². The van der Waals surface area contributed by atoms with Crippen LogP contribution < -0.4 is 10.4 Å². The van der Waals surface area contributed by atoms with Gasteiger partial charge in [0.2, 0.25) is 0 Å². The van der Waals surface area contributed by atoms with Crippen molar-refractivity contribution in [2.24, 2.45) is 0 Å². The first-order chi connectivity index (χ1) is 10.5. The van der Waals surface area contributed by atoms with Crippen LogP contribution in [0, 0.1) is 17.0 Å². The molecule has 112 valence electrons. The molecular weight excluding hydrogens is 284 g/mol. The van der Waals surface area contributed by atoms with Crippen LogP contribution in [0.5, 0.6) is 5.75 Å². The average Bonchev–Trinajstić information content (AvgIpc) is 2.49. The Morgan fingerprint density at radius 1 is 1.18 bits per heavy atom. The molecule has 1 N–H and O–H groups in total. The van der Waals surface area contributed by atoms with Gasteiger partial charge in [0.25, 0.3) is 5.69 Å². The molecule has 0 fully saturated rings. The van der Waals surface area contributed by atoms with Crippen LogP contribution in [0.15, 0.2) is 54.7 Å². The van der Waals surface area contributed by atoms with Gasteiger partial charge in [-0.25, -0.2) is 0 Å². The predicted octanol–water partition coefficient (Wildman–Crippen LogP) is 2.79. The molecule has 0 aliphatic rings. The number of ketones is 1. The topological polar surface area (TPSA) is 95.3 Å². The van der Waals surface area contributed by atoms with Crippen molar-refractivity contribution in [2.75, 3.05) is 5.32 Å². The van der Waals surface area contributed by atoms with E-state index in [1.165, 1.54) is 12.3 Å². The highest BCUT2D eigenvalue weighted by Gasteiger charge is 2.06. The number of nitro groups is 1. The number of rotatable bonds is 5. The van der Waals surface area contributed by atoms with Gasteiger partial charge in [-0.3, -0.25) is 14.9 Å². The molecule has 0 aromatic heterocycles. The van der Waals surface area contributed by atoms with E-state index in [2.05, 4.69) is 5.32 Å². The predicted molar refractivity (Wildman–Crippen MR) is 80.8 cm³/mol. The highest BCUT2D eigenvalue weighted by atomic mass is 16.6. The zero-order valence-corrected chi connectivity index (χ0v) is 11.8. The number of hydrogen-bond acceptors (Lipinski definition) is 5. The van der Waals surface area contributed by atoms with E-state index in [-0.39, 0.29) is 17.2 Å². The Bertz CT molecular complexity index is 736. The molecule has 22 heavy (non-hydrogen) atoms. The number of nitrogens with one attached hydrogen (secondary N) is 1. The summed E-state index contributed by atoms with van der Waals surface area (Å²) in [5.74, 6) is -0.622. The first kappa shape index (κ1) is 15.2. The van der Waals surface area contributed by atoms with Crippen molar-refractivity contribution in [3.05, 3.63) is 76.0 Å². The summed E-state index contributed by atoms with van der Waals surface area (Å²) in [6, 6.07) is 10.4. The Labute approximate surface area is 126 Å². The lowest BCUT2D eigenvalue weighted by Gasteiger charge is -2.12. The summed E-state index contributed by atoms with van der Waals surface area (Å²) >= 11 is 0. The number of allylic oxidation sites excluding steroid dienone is 1. The first-order valence-corrected chi connectivity index (χ1v) is 6.47. The van der Waals surface area contributed by atoms with Crippen molar-refractivity contribution >= 4 is 17.2 Å². The van der Waals surface area contributed by atoms with E-state index in [1.54, 1.807) is 12.1 Å². The number of nitrogens with zero attached hydrogens (tertiary/aromatic N) is 1. The summed E-state index contributed by atoms with van der Waals surface area (Å²) in [5.41, 5.74) is 1.42. The van der Waals surface area contributed by atoms with E-state index >= 15 is 0 Å². The van der Waals surface area contributed by atoms with E-state index in [0.29, 0.717) is 5.56 Å². The number of benzene rings is 2. The van der Waals surface area contributed by atoms with Gasteiger partial charge < -0.3 is 10.4 Å². The molecule has 0 amide bonds. The Morgan fingerprint density at radius 2 is 1.86 bits per heavy atom. The van der Waals surface area contributed by atoms with Crippen LogP contribution in [0.25, 0.3) is 0 Å². The highest BCUT2D eigenvalue weighted by molar-refractivity contribution is 6.04. The van der Waals surface area contributed by atoms with Crippen molar-refractivity contribution in [2.45, 2.75) is 6.92 Å². The smallest absolute Gasteiger partial charge is 0.271 e. The zero-order valence-electron chi connectivity index (χ0n) is 11.8. The molecule has 0 spiro atoms. The van der Waals surface area contributed by atoms with Crippen LogP contribution in [0.2, 0.25) is 0 Å². The number of carbonyl (C=O) groups excluding carboxylic acids is 1. The Balaban J connectivity index is 2.09. The normalized spacial score (nSPS) is 10.6. The summed E-state index contributed by atoms with van der Waals surface area (Å²) in [5, 5.41) is 24.8. The molecule has 0 aliphatic carbocycles. The van der Waals surface area contributed by atoms with Gasteiger partial charge in [-0.1, -0.05) is 41.6 Å². The Kier molecular flexibility index (Phi) is 4.53. The maximum Gasteiger partial charge on any atom is 0.271 e. The second-order valence-electron chi connectivity index (χ2n) is 4.65. The van der Waals surface area contributed by atoms with Crippen LogP contribution in [-0.2, 0) is 0 Å². The molecule has 0 aliphatic heterocycles. The van der Waals surface area contributed by atoms with Gasteiger partial charge in [0, 0.05) is 35.7 Å². The number of anilines is 1. The number of hydrogen-bond donors (Lipinski definition) is 1. The molecule has 6 nitrogen and oxygen atoms in total. The molecule has 6 heteroatoms. The van der Waals surface area contributed by atoms with Crippen molar-refractivity contribution in [3.63, 3.8) is 0 Å². The lowest BCUT2D eigenvalue weighted by molar-refractivity contribution is -0.385. The molecule has 0 saturated carbocycles. The zero-order chi connectivity index (χ0) is 16.1. The third-order valence-corrected chi connectivity index (χ3v) is 2.98. The third kappa shape index (κ3) is 3.69. The van der Waals surface area contributed by atoms with Gasteiger partial charge in [0.05, 0.1) is 4.92 Å². The highest BCUT2D eigenvalue weighted by Crippen LogP contribution is 2.25. The third-order valence-electron chi connectivity index (χ3n) is 2.98. The molecule has 0 unspecified atom stereocenters. The van der Waals surface area contributed by atoms with Crippen LogP contribution in [0.3, 0.4) is 0 Å². The van der Waals surface area contributed by atoms with Crippen LogP contribution >= 0.6 is 0 Å². The van der Waals surface area contributed by atoms with E-state index in [1.807, 2.05) is 19.1 Å². The van der Waals surface area contributed by atoms with Gasteiger partial charge in [-0.15, -0.1) is 0 Å². The summed E-state index contributed by atoms with van der Waals surface area (Å²) in [6.45, 7) is 1.92. The quantitative estimate of drug-likeness (QED) is 0.396. The second kappa shape index (κ2) is 6.53. The summed E-state index contributed by atoms with van der Waals surface area (Å²) in [7, 11) is 0. The minimum absolute atomic E-state index is 0.0437. The largest absolute Gasteiger partial charge is 0.871 e. The fourth-order valence-corrected chi connectivity index (χ4v) is 1.77. The monoisotopic (exact) mass is 297 g/mol. The number of carbonyl (C=O) groups is 1. The SMILES string of the molecule is Cc1ccc(C(=O)/C=C\Nc2cc([N+](=O)[O-])ccc2[O-])cc1. The maximum atomic E-state index is 11.9. The fourth-order valence-electron chi connectivity index (χ4n) is 1.77. The lowest BCUT2D eigenvalue weighted by Crippen LogP contribution is -2.00. The summed E-state index contributed by atoms with van der Waals surface area (Å²) in [6.07, 6.45) is 2.56. The van der Waals surface area contributed by atoms with Gasteiger partial charge in [0.1, 0.15) is 0 Å². The van der Waals surface area contributed by atoms with E-state index in [0.717, 1.165) is 23.8 Å². The van der Waals surface area contributed by atoms with Crippen molar-refractivity contribution in [1.82, 2.24) is 0 Å². The average molecular weight is 297 g/mol. The summed E-state index contributed by atoms with van der Waals surface area (Å²) < 4.78 is 0. The van der Waals surface area contributed by atoms with Crippen molar-refractivity contribution in [3.8, 4) is 5.75 Å². The van der Waals surface area contributed by atoms with Gasteiger partial charge in [0.15, 0.2) is 5.78 Å². The minimum Gasteiger partial charge on any atom is -0.871 e. The van der Waals surface area contributed by atoms with Gasteiger partial charge in [-0.05, 0) is 6.92 Å². The standard InChI is InChI=1S/C16H14N2O4/c1-11-2-4-12(5-3-11)15(19)8-9-17-14-10-13(18(21)22)6-7-16(14)20/h2-10,17,20H,1H3/p-1/b9-8-. The Hall–Kier alpha value is -3.15. The van der Waals surface area contributed by atoms with Crippen LogP contribution in [0.4, 0.5) is 11.4 Å². The Morgan fingerprint density at radius 3 is 2.50 bits per heavy atom. The number of nitro benzene ring substituents is 1. The van der Waals surface area contributed by atoms with Crippen LogP contribution in [-0.4, -0.2) is 10.7 Å². The molecule has 0 radical (unpaired) electrons. The number of non-ortho nitro benzene ring substituents is 1. The molecule has 2 aromatic rings. The fraction of sp³-hybridized carbons (Fsp3) is 0.0625. The first-order valence-electron chi connectivity index (χ1n) is 6.47. The summed E-state index contributed by atoms with van der Waals surface area (Å²) in [4.78, 5) is 22.0. The second-order valence-corrected chi connectivity index (χ2v) is 4.65. The molecule has 0 bridgehead atoms. The van der Waals surface area contributed by atoms with Gasteiger partial charge in [-0.2, -0.15) is 0 Å². The van der Waals surface area contributed by atoms with Gasteiger partial charge >= 0.3 is 0 Å². The van der Waals surface area contributed by atoms with E-state index in [4.69, 9.17) is 0 Å². The van der Waals surface area contributed by atoms with Crippen molar-refractivity contribution < 1.29 is 14.8 Å². The molecular formula is C16H13N2O4-. The molecule has 2 aromatic carbocycles.